The molecular formula is C88H112N4O24. The number of non-ortho nitro benzene ring substituents is 4. The van der Waals surface area contributed by atoms with E-state index in [1.165, 1.54) is 97.1 Å². The molecule has 8 fully saturated rings. The lowest BCUT2D eigenvalue weighted by Crippen LogP contribution is -2.56. The molecule has 16 atom stereocenters. The van der Waals surface area contributed by atoms with E-state index in [9.17, 15) is 78.8 Å². The molecule has 8 aliphatic rings. The number of nitro groups is 4. The standard InChI is InChI=1S/2C44H56N2O12/c2*1-40(2)34(55-38(49)27-8-12-29(13-9-27)45(51)52)20-23-42(5)26-31(47)16-17-32-43(6,33(48)18-19-36(42)57-40)24-22-37-44(32,7)25-21-35(41(3,4)58-37)56-39(50)28-10-14-30(15-11-28)46(53)54/h2*8-15,32,34-37H,16-26H2,1-7H3/t2*32-,34+,35+,36+,37+,42+,43+,44+/m00/s1. The highest BCUT2D eigenvalue weighted by Gasteiger charge is 2.63. The molecule has 0 aromatic heterocycles. The predicted molar refractivity (Wildman–Crippen MR) is 422 cm³/mol. The maximum Gasteiger partial charge on any atom is 0.338 e. The molecule has 628 valence electrons. The van der Waals surface area contributed by atoms with Crippen molar-refractivity contribution in [3.05, 3.63) is 160 Å². The summed E-state index contributed by atoms with van der Waals surface area (Å²) in [5.74, 6) is -2.45. The number of ketones is 4. The van der Waals surface area contributed by atoms with Gasteiger partial charge in [0.05, 0.1) is 88.8 Å². The zero-order valence-electron chi connectivity index (χ0n) is 69.2. The van der Waals surface area contributed by atoms with Gasteiger partial charge in [-0.2, -0.15) is 0 Å². The highest BCUT2D eigenvalue weighted by atomic mass is 16.6. The van der Waals surface area contributed by atoms with E-state index >= 15 is 0 Å². The summed E-state index contributed by atoms with van der Waals surface area (Å²) >= 11 is 0. The molecule has 4 saturated carbocycles. The summed E-state index contributed by atoms with van der Waals surface area (Å²) in [5.41, 5.74) is -7.25. The van der Waals surface area contributed by atoms with Gasteiger partial charge in [-0.3, -0.25) is 59.6 Å². The van der Waals surface area contributed by atoms with Gasteiger partial charge in [0.15, 0.2) is 0 Å². The van der Waals surface area contributed by atoms with E-state index in [2.05, 4.69) is 13.8 Å². The van der Waals surface area contributed by atoms with Crippen LogP contribution in [0.25, 0.3) is 0 Å². The number of fused-ring (bicyclic) bond motifs is 8. The van der Waals surface area contributed by atoms with Gasteiger partial charge >= 0.3 is 23.9 Å². The van der Waals surface area contributed by atoms with Crippen LogP contribution in [-0.2, 0) is 57.1 Å². The zero-order valence-corrected chi connectivity index (χ0v) is 69.2. The van der Waals surface area contributed by atoms with E-state index in [-0.39, 0.29) is 131 Å². The quantitative estimate of drug-likeness (QED) is 0.0550. The smallest absolute Gasteiger partial charge is 0.338 e. The van der Waals surface area contributed by atoms with Gasteiger partial charge in [-0.15, -0.1) is 0 Å². The second-order valence-electron chi connectivity index (χ2n) is 37.6. The molecule has 4 aliphatic heterocycles. The van der Waals surface area contributed by atoms with Crippen LogP contribution < -0.4 is 0 Å². The lowest BCUT2D eigenvalue weighted by molar-refractivity contribution is -0.385. The largest absolute Gasteiger partial charge is 0.456 e. The highest BCUT2D eigenvalue weighted by Crippen LogP contribution is 2.63. The van der Waals surface area contributed by atoms with Crippen molar-refractivity contribution >= 4 is 69.8 Å². The molecule has 12 rings (SSSR count). The van der Waals surface area contributed by atoms with Gasteiger partial charge in [0.1, 0.15) is 47.5 Å². The van der Waals surface area contributed by atoms with Gasteiger partial charge in [0.25, 0.3) is 22.7 Å². The third-order valence-electron chi connectivity index (χ3n) is 28.2. The van der Waals surface area contributed by atoms with Crippen molar-refractivity contribution in [1.82, 2.24) is 0 Å². The lowest BCUT2D eigenvalue weighted by atomic mass is 9.50. The van der Waals surface area contributed by atoms with Crippen LogP contribution in [0.3, 0.4) is 0 Å². The summed E-state index contributed by atoms with van der Waals surface area (Å²) in [5, 5.41) is 44.5. The van der Waals surface area contributed by atoms with Gasteiger partial charge in [-0.1, -0.05) is 41.5 Å². The molecule has 0 amide bonds. The summed E-state index contributed by atoms with van der Waals surface area (Å²) < 4.78 is 51.5. The third kappa shape index (κ3) is 18.3. The Morgan fingerprint density at radius 2 is 0.560 bits per heavy atom. The van der Waals surface area contributed by atoms with Crippen LogP contribution in [0, 0.1) is 84.8 Å². The summed E-state index contributed by atoms with van der Waals surface area (Å²) in [7, 11) is 0. The van der Waals surface area contributed by atoms with Gasteiger partial charge in [-0.05, 0) is 229 Å². The summed E-state index contributed by atoms with van der Waals surface area (Å²) in [6.45, 7) is 27.5. The fourth-order valence-corrected chi connectivity index (χ4v) is 20.8. The minimum absolute atomic E-state index is 0.0717. The van der Waals surface area contributed by atoms with Crippen LogP contribution in [-0.4, -0.2) is 138 Å². The molecule has 28 nitrogen and oxygen atoms in total. The maximum atomic E-state index is 14.7. The summed E-state index contributed by atoms with van der Waals surface area (Å²) in [6.07, 6.45) is 5.56. The van der Waals surface area contributed by atoms with Crippen molar-refractivity contribution in [3.8, 4) is 0 Å². The van der Waals surface area contributed by atoms with E-state index in [0.717, 1.165) is 0 Å². The van der Waals surface area contributed by atoms with Gasteiger partial charge in [0, 0.05) is 109 Å². The van der Waals surface area contributed by atoms with Crippen LogP contribution in [0.15, 0.2) is 97.1 Å². The zero-order chi connectivity index (χ0) is 84.8. The fourth-order valence-electron chi connectivity index (χ4n) is 20.8. The maximum absolute atomic E-state index is 14.7. The summed E-state index contributed by atoms with van der Waals surface area (Å²) in [6, 6.07) is 21.1. The lowest BCUT2D eigenvalue weighted by Gasteiger charge is -2.55. The van der Waals surface area contributed by atoms with Gasteiger partial charge in [-0.25, -0.2) is 19.2 Å². The van der Waals surface area contributed by atoms with Crippen molar-refractivity contribution in [3.63, 3.8) is 0 Å². The Balaban J connectivity index is 0.000000228. The SMILES string of the molecule is CC1(C)O[C@@H]2CCC(=O)[C@]3(C)CC[C@H]4OC(C)(C)[C@H](OC(=O)c5ccc([N+](=O)[O-])cc5)CC[C@]4(C)[C@H]3CCC(=O)C[C@@]2(C)CC[C@H]1OC(=O)c1ccc([N+](=O)[O-])cc1.CC1(C)O[C@@H]2CCC(=O)[C@]3(C)CC[C@H]4OC(C)(C)[C@H](OC(=O)c5ccc([N+](=O)[O-])cc5)CC[C@]4(C)[C@H]3CCC(=O)C[C@@]2(C)CC[C@H]1OC(=O)c1ccc([N+](=O)[O-])cc1. The average Bonchev–Trinajstić information content (AvgIpc) is 1.43. The van der Waals surface area contributed by atoms with Crippen molar-refractivity contribution in [2.24, 2.45) is 44.3 Å². The second kappa shape index (κ2) is 33.3. The number of rotatable bonds is 12. The molecule has 4 aliphatic carbocycles. The number of Topliss-reactive ketones (excluding diaryl/α,β-unsaturated/α-hetero) is 4. The molecule has 0 bridgehead atoms. The molecule has 4 heterocycles. The first-order valence-electron chi connectivity index (χ1n) is 40.8. The first-order chi connectivity index (χ1) is 54.2. The number of ether oxygens (including phenoxy) is 8. The molecule has 0 N–H and O–H groups in total. The Morgan fingerprint density at radius 1 is 0.319 bits per heavy atom. The molecule has 0 unspecified atom stereocenters. The molecule has 0 spiro atoms. The average molecular weight is 1610 g/mol. The van der Waals surface area contributed by atoms with Crippen molar-refractivity contribution in [1.29, 1.82) is 0 Å². The fraction of sp³-hybridized carbons (Fsp3) is 0.636. The Bertz CT molecular complexity index is 4170. The van der Waals surface area contributed by atoms with Crippen LogP contribution in [0.5, 0.6) is 0 Å². The van der Waals surface area contributed by atoms with E-state index in [1.54, 1.807) is 0 Å². The normalized spacial score (nSPS) is 33.7. The van der Waals surface area contributed by atoms with Crippen LogP contribution >= 0.6 is 0 Å². The summed E-state index contributed by atoms with van der Waals surface area (Å²) in [4.78, 5) is 153. The number of nitrogens with zero attached hydrogens (tertiary/aromatic N) is 4. The topological polar surface area (TPSA) is 383 Å². The van der Waals surface area contributed by atoms with Crippen LogP contribution in [0.2, 0.25) is 0 Å². The predicted octanol–water partition coefficient (Wildman–Crippen LogP) is 17.4. The number of nitro benzene ring substituents is 4. The molecule has 4 saturated heterocycles. The second-order valence-corrected chi connectivity index (χ2v) is 37.6. The van der Waals surface area contributed by atoms with E-state index in [0.29, 0.717) is 103 Å². The van der Waals surface area contributed by atoms with Crippen LogP contribution in [0.4, 0.5) is 22.7 Å². The molecule has 0 radical (unpaired) electrons. The minimum atomic E-state index is -0.966. The number of esters is 4. The minimum Gasteiger partial charge on any atom is -0.456 e. The Hall–Kier alpha value is -9.12. The van der Waals surface area contributed by atoms with Gasteiger partial charge < -0.3 is 37.9 Å². The molecule has 116 heavy (non-hydrogen) atoms. The van der Waals surface area contributed by atoms with E-state index in [1.807, 2.05) is 83.1 Å². The number of carbonyl (C=O) groups is 8. The Kier molecular flexibility index (Phi) is 25.2. The molecule has 4 aromatic carbocycles. The number of hydrogen-bond donors (Lipinski definition) is 0. The monoisotopic (exact) mass is 1610 g/mol. The van der Waals surface area contributed by atoms with Crippen molar-refractivity contribution in [2.75, 3.05) is 0 Å². The Labute approximate surface area is 676 Å². The van der Waals surface area contributed by atoms with Gasteiger partial charge in [0.2, 0.25) is 0 Å². The molecule has 28 heteroatoms. The molecular weight excluding hydrogens is 1500 g/mol. The van der Waals surface area contributed by atoms with Crippen molar-refractivity contribution in [2.45, 2.75) is 309 Å². The third-order valence-corrected chi connectivity index (χ3v) is 28.2. The first kappa shape index (κ1) is 87.7. The highest BCUT2D eigenvalue weighted by molar-refractivity contribution is 5.92. The molecule has 4 aromatic rings. The Morgan fingerprint density at radius 3 is 0.810 bits per heavy atom. The number of hydrogen-bond acceptors (Lipinski definition) is 24. The van der Waals surface area contributed by atoms with E-state index in [4.69, 9.17) is 37.9 Å². The van der Waals surface area contributed by atoms with Crippen molar-refractivity contribution < 1.29 is 95.9 Å². The van der Waals surface area contributed by atoms with Crippen LogP contribution in [0.1, 0.15) is 280 Å². The van der Waals surface area contributed by atoms with E-state index < -0.39 is 135 Å². The number of benzene rings is 4. The first-order valence-corrected chi connectivity index (χ1v) is 40.8. The number of carbonyl (C=O) groups excluding carboxylic acids is 8.